The minimum Gasteiger partial charge on any atom is -0.0843 e. The maximum Gasteiger partial charge on any atom is 0.0671 e. The zero-order valence-electron chi connectivity index (χ0n) is 7.98. The number of hydrogen-bond donors (Lipinski definition) is 0. The third-order valence-electron chi connectivity index (χ3n) is 2.17. The van der Waals surface area contributed by atoms with Crippen LogP contribution in [0.1, 0.15) is 0 Å². The zero-order valence-corrected chi connectivity index (χ0v) is 11.0. The summed E-state index contributed by atoms with van der Waals surface area (Å²) in [6, 6.07) is 10.6. The molecule has 0 heterocycles. The number of hydrogen-bond acceptors (Lipinski definition) is 0. The van der Waals surface area contributed by atoms with Crippen LogP contribution in [-0.2, 0) is 0 Å². The first-order chi connectivity index (χ1) is 7.59. The van der Waals surface area contributed by atoms with E-state index in [1.54, 1.807) is 24.3 Å². The van der Waals surface area contributed by atoms with Crippen LogP contribution in [0.3, 0.4) is 0 Å². The molecule has 0 nitrogen and oxygen atoms in total. The highest BCUT2D eigenvalue weighted by molar-refractivity contribution is 6.44. The molecular weight excluding hydrogens is 286 g/mol. The molecule has 4 heteroatoms. The Kier molecular flexibility index (Phi) is 3.66. The van der Waals surface area contributed by atoms with Crippen LogP contribution in [0.4, 0.5) is 0 Å². The second-order valence-electron chi connectivity index (χ2n) is 3.23. The highest BCUT2D eigenvalue weighted by Gasteiger charge is 2.10. The van der Waals surface area contributed by atoms with Crippen LogP contribution in [0, 0.1) is 0 Å². The minimum absolute atomic E-state index is 0.480. The average Bonchev–Trinajstić information content (AvgIpc) is 2.26. The van der Waals surface area contributed by atoms with E-state index < -0.39 is 0 Å². The van der Waals surface area contributed by atoms with Gasteiger partial charge in [0.2, 0.25) is 0 Å². The fraction of sp³-hybridized carbons (Fsp3) is 0. The summed E-state index contributed by atoms with van der Waals surface area (Å²) in [6.45, 7) is 0. The first-order valence-corrected chi connectivity index (χ1v) is 6.00. The van der Waals surface area contributed by atoms with Crippen LogP contribution in [0.2, 0.25) is 20.1 Å². The molecule has 0 aliphatic carbocycles. The smallest absolute Gasteiger partial charge is 0.0671 e. The molecule has 2 aromatic carbocycles. The van der Waals surface area contributed by atoms with Crippen LogP contribution in [0.15, 0.2) is 36.4 Å². The number of rotatable bonds is 1. The lowest BCUT2D eigenvalue weighted by atomic mass is 10.1. The summed E-state index contributed by atoms with van der Waals surface area (Å²) in [7, 11) is 0. The summed E-state index contributed by atoms with van der Waals surface area (Å²) in [5.74, 6) is 0. The molecule has 0 unspecified atom stereocenters. The first kappa shape index (κ1) is 12.1. The van der Waals surface area contributed by atoms with Gasteiger partial charge in [-0.3, -0.25) is 0 Å². The van der Waals surface area contributed by atoms with Gasteiger partial charge in [-0.25, -0.2) is 0 Å². The Morgan fingerprint density at radius 2 is 1.44 bits per heavy atom. The standard InChI is InChI=1S/C12H6Cl4/c13-7-4-5-10(14)9(6-7)8-2-1-3-11(15)12(8)16/h1-6H. The van der Waals surface area contributed by atoms with Gasteiger partial charge in [0.15, 0.2) is 0 Å². The van der Waals surface area contributed by atoms with Crippen molar-refractivity contribution in [1.82, 2.24) is 0 Å². The van der Waals surface area contributed by atoms with E-state index in [4.69, 9.17) is 46.4 Å². The van der Waals surface area contributed by atoms with Gasteiger partial charge in [0, 0.05) is 21.2 Å². The molecule has 2 aromatic rings. The van der Waals surface area contributed by atoms with Crippen molar-refractivity contribution in [2.75, 3.05) is 0 Å². The molecule has 0 saturated carbocycles. The lowest BCUT2D eigenvalue weighted by Gasteiger charge is -2.08. The molecule has 0 fully saturated rings. The fourth-order valence-electron chi connectivity index (χ4n) is 1.42. The van der Waals surface area contributed by atoms with Crippen LogP contribution < -0.4 is 0 Å². The third-order valence-corrected chi connectivity index (χ3v) is 3.55. The summed E-state index contributed by atoms with van der Waals surface area (Å²) in [5.41, 5.74) is 1.56. The fourth-order valence-corrected chi connectivity index (χ4v) is 2.21. The lowest BCUT2D eigenvalue weighted by molar-refractivity contribution is 1.61. The lowest BCUT2D eigenvalue weighted by Crippen LogP contribution is -1.82. The Labute approximate surface area is 114 Å². The molecule has 0 spiro atoms. The molecule has 0 atom stereocenters. The van der Waals surface area contributed by atoms with Crippen LogP contribution >= 0.6 is 46.4 Å². The van der Waals surface area contributed by atoms with Crippen LogP contribution in [0.5, 0.6) is 0 Å². The molecule has 0 N–H and O–H groups in total. The van der Waals surface area contributed by atoms with E-state index in [1.165, 1.54) is 0 Å². The van der Waals surface area contributed by atoms with Crippen molar-refractivity contribution in [3.8, 4) is 11.1 Å². The first-order valence-electron chi connectivity index (χ1n) is 4.49. The maximum absolute atomic E-state index is 6.12. The summed E-state index contributed by atoms with van der Waals surface area (Å²) in [5, 5.41) is 2.17. The van der Waals surface area contributed by atoms with Gasteiger partial charge in [0.05, 0.1) is 10.0 Å². The Balaban J connectivity index is 2.67. The Hall–Kier alpha value is -0.400. The molecule has 16 heavy (non-hydrogen) atoms. The van der Waals surface area contributed by atoms with Crippen molar-refractivity contribution >= 4 is 46.4 Å². The molecule has 82 valence electrons. The predicted molar refractivity (Wildman–Crippen MR) is 71.9 cm³/mol. The summed E-state index contributed by atoms with van der Waals surface area (Å²) in [4.78, 5) is 0. The van der Waals surface area contributed by atoms with Crippen molar-refractivity contribution in [1.29, 1.82) is 0 Å². The van der Waals surface area contributed by atoms with Gasteiger partial charge in [-0.2, -0.15) is 0 Å². The second-order valence-corrected chi connectivity index (χ2v) is 4.85. The molecule has 0 aromatic heterocycles. The van der Waals surface area contributed by atoms with Gasteiger partial charge in [0.25, 0.3) is 0 Å². The van der Waals surface area contributed by atoms with E-state index in [1.807, 2.05) is 12.1 Å². The predicted octanol–water partition coefficient (Wildman–Crippen LogP) is 5.97. The van der Waals surface area contributed by atoms with Crippen molar-refractivity contribution in [2.24, 2.45) is 0 Å². The number of benzene rings is 2. The molecular formula is C12H6Cl4. The minimum atomic E-state index is 0.480. The largest absolute Gasteiger partial charge is 0.0843 e. The quantitative estimate of drug-likeness (QED) is 0.607. The molecule has 0 saturated heterocycles. The summed E-state index contributed by atoms with van der Waals surface area (Å²) in [6.07, 6.45) is 0. The van der Waals surface area contributed by atoms with E-state index in [0.29, 0.717) is 20.1 Å². The van der Waals surface area contributed by atoms with E-state index in [2.05, 4.69) is 0 Å². The van der Waals surface area contributed by atoms with Gasteiger partial charge in [0.1, 0.15) is 0 Å². The van der Waals surface area contributed by atoms with E-state index in [-0.39, 0.29) is 0 Å². The maximum atomic E-state index is 6.12. The Morgan fingerprint density at radius 1 is 0.688 bits per heavy atom. The molecule has 0 aliphatic heterocycles. The molecule has 0 radical (unpaired) electrons. The van der Waals surface area contributed by atoms with Crippen LogP contribution in [0.25, 0.3) is 11.1 Å². The third kappa shape index (κ3) is 2.31. The molecule has 0 amide bonds. The highest BCUT2D eigenvalue weighted by Crippen LogP contribution is 2.37. The van der Waals surface area contributed by atoms with Crippen molar-refractivity contribution in [2.45, 2.75) is 0 Å². The van der Waals surface area contributed by atoms with E-state index >= 15 is 0 Å². The van der Waals surface area contributed by atoms with Crippen molar-refractivity contribution in [3.63, 3.8) is 0 Å². The topological polar surface area (TPSA) is 0 Å². The van der Waals surface area contributed by atoms with Gasteiger partial charge in [-0.15, -0.1) is 0 Å². The highest BCUT2D eigenvalue weighted by atomic mass is 35.5. The molecule has 0 bridgehead atoms. The molecule has 2 rings (SSSR count). The number of halogens is 4. The van der Waals surface area contributed by atoms with Gasteiger partial charge in [-0.1, -0.05) is 58.5 Å². The monoisotopic (exact) mass is 290 g/mol. The summed E-state index contributed by atoms with van der Waals surface area (Å²) < 4.78 is 0. The van der Waals surface area contributed by atoms with E-state index in [0.717, 1.165) is 11.1 Å². The van der Waals surface area contributed by atoms with Crippen LogP contribution in [-0.4, -0.2) is 0 Å². The normalized spacial score (nSPS) is 10.5. The Morgan fingerprint density at radius 3 is 2.19 bits per heavy atom. The van der Waals surface area contributed by atoms with Crippen molar-refractivity contribution < 1.29 is 0 Å². The van der Waals surface area contributed by atoms with Gasteiger partial charge in [-0.05, 0) is 24.3 Å². The van der Waals surface area contributed by atoms with Gasteiger partial charge >= 0.3 is 0 Å². The average molecular weight is 292 g/mol. The van der Waals surface area contributed by atoms with Crippen molar-refractivity contribution in [3.05, 3.63) is 56.5 Å². The molecule has 0 aliphatic rings. The second kappa shape index (κ2) is 4.85. The van der Waals surface area contributed by atoms with E-state index in [9.17, 15) is 0 Å². The zero-order chi connectivity index (χ0) is 11.7. The summed E-state index contributed by atoms with van der Waals surface area (Å²) >= 11 is 24.1. The van der Waals surface area contributed by atoms with Gasteiger partial charge < -0.3 is 0 Å². The SMILES string of the molecule is Clc1ccc(Cl)c(-c2cccc(Cl)c2Cl)c1. The Bertz CT molecular complexity index is 535.